The SMILES string of the molecule is CCn1cnc(S(=O)(=O)N2CC3CCCC(N)C3C2)c1. The van der Waals surface area contributed by atoms with Crippen LogP contribution in [0.3, 0.4) is 0 Å². The summed E-state index contributed by atoms with van der Waals surface area (Å²) in [6, 6.07) is 0.141. The average molecular weight is 298 g/mol. The highest BCUT2D eigenvalue weighted by Crippen LogP contribution is 2.37. The van der Waals surface area contributed by atoms with Crippen molar-refractivity contribution in [2.75, 3.05) is 13.1 Å². The van der Waals surface area contributed by atoms with E-state index in [0.717, 1.165) is 25.8 Å². The first kappa shape index (κ1) is 14.0. The number of hydrogen-bond acceptors (Lipinski definition) is 4. The van der Waals surface area contributed by atoms with Gasteiger partial charge in [-0.15, -0.1) is 0 Å². The fraction of sp³-hybridized carbons (Fsp3) is 0.769. The summed E-state index contributed by atoms with van der Waals surface area (Å²) >= 11 is 0. The largest absolute Gasteiger partial charge is 0.336 e. The van der Waals surface area contributed by atoms with Gasteiger partial charge >= 0.3 is 0 Å². The van der Waals surface area contributed by atoms with E-state index in [-0.39, 0.29) is 11.1 Å². The molecule has 2 fully saturated rings. The molecule has 1 aliphatic carbocycles. The molecule has 0 radical (unpaired) electrons. The molecule has 3 unspecified atom stereocenters. The van der Waals surface area contributed by atoms with Gasteiger partial charge in [-0.05, 0) is 31.6 Å². The van der Waals surface area contributed by atoms with Crippen molar-refractivity contribution in [1.29, 1.82) is 0 Å². The quantitative estimate of drug-likeness (QED) is 0.888. The summed E-state index contributed by atoms with van der Waals surface area (Å²) in [6.45, 7) is 3.83. The molecule has 0 amide bonds. The molecule has 1 aromatic heterocycles. The highest BCUT2D eigenvalue weighted by atomic mass is 32.2. The lowest BCUT2D eigenvalue weighted by atomic mass is 9.78. The molecule has 1 aromatic rings. The molecule has 7 heteroatoms. The lowest BCUT2D eigenvalue weighted by Gasteiger charge is -2.29. The molecule has 2 N–H and O–H groups in total. The van der Waals surface area contributed by atoms with E-state index in [1.807, 2.05) is 6.92 Å². The maximum Gasteiger partial charge on any atom is 0.262 e. The van der Waals surface area contributed by atoms with E-state index >= 15 is 0 Å². The van der Waals surface area contributed by atoms with Gasteiger partial charge in [0, 0.05) is 31.9 Å². The molecule has 6 nitrogen and oxygen atoms in total. The van der Waals surface area contributed by atoms with Gasteiger partial charge in [0.25, 0.3) is 10.0 Å². The molecule has 0 spiro atoms. The topological polar surface area (TPSA) is 81.2 Å². The van der Waals surface area contributed by atoms with Crippen molar-refractivity contribution < 1.29 is 8.42 Å². The van der Waals surface area contributed by atoms with Gasteiger partial charge in [0.05, 0.1) is 6.33 Å². The number of nitrogens with two attached hydrogens (primary N) is 1. The fourth-order valence-corrected chi connectivity index (χ4v) is 4.92. The molecule has 1 saturated carbocycles. The smallest absolute Gasteiger partial charge is 0.262 e. The lowest BCUT2D eigenvalue weighted by molar-refractivity contribution is 0.260. The minimum Gasteiger partial charge on any atom is -0.336 e. The summed E-state index contributed by atoms with van der Waals surface area (Å²) in [5.74, 6) is 0.730. The van der Waals surface area contributed by atoms with Crippen molar-refractivity contribution in [3.63, 3.8) is 0 Å². The maximum atomic E-state index is 12.6. The van der Waals surface area contributed by atoms with Crippen molar-refractivity contribution in [3.8, 4) is 0 Å². The Morgan fingerprint density at radius 3 is 2.85 bits per heavy atom. The molecule has 20 heavy (non-hydrogen) atoms. The Kier molecular flexibility index (Phi) is 3.60. The van der Waals surface area contributed by atoms with Crippen LogP contribution >= 0.6 is 0 Å². The molecular formula is C13H22N4O2S. The molecule has 1 saturated heterocycles. The molecule has 112 valence electrons. The van der Waals surface area contributed by atoms with Crippen LogP contribution in [0.5, 0.6) is 0 Å². The number of aryl methyl sites for hydroxylation is 1. The molecule has 0 aromatic carbocycles. The van der Waals surface area contributed by atoms with Crippen LogP contribution < -0.4 is 5.73 Å². The maximum absolute atomic E-state index is 12.6. The zero-order chi connectivity index (χ0) is 14.3. The van der Waals surface area contributed by atoms with Crippen molar-refractivity contribution in [3.05, 3.63) is 12.5 Å². The Bertz CT molecular complexity index is 583. The summed E-state index contributed by atoms with van der Waals surface area (Å²) < 4.78 is 28.6. The summed E-state index contributed by atoms with van der Waals surface area (Å²) in [5, 5.41) is 0.159. The second kappa shape index (κ2) is 5.13. The zero-order valence-electron chi connectivity index (χ0n) is 11.8. The minimum atomic E-state index is -3.46. The summed E-state index contributed by atoms with van der Waals surface area (Å²) in [7, 11) is -3.46. The number of aromatic nitrogens is 2. The molecular weight excluding hydrogens is 276 g/mol. The third-order valence-electron chi connectivity index (χ3n) is 4.70. The number of fused-ring (bicyclic) bond motifs is 1. The van der Waals surface area contributed by atoms with Gasteiger partial charge in [-0.3, -0.25) is 0 Å². The minimum absolute atomic E-state index is 0.141. The predicted octanol–water partition coefficient (Wildman–Crippen LogP) is 0.651. The summed E-state index contributed by atoms with van der Waals surface area (Å²) in [4.78, 5) is 4.04. The summed E-state index contributed by atoms with van der Waals surface area (Å²) in [5.41, 5.74) is 6.15. The molecule has 2 aliphatic rings. The number of imidazole rings is 1. The number of sulfonamides is 1. The van der Waals surface area contributed by atoms with E-state index in [4.69, 9.17) is 5.73 Å². The molecule has 1 aliphatic heterocycles. The van der Waals surface area contributed by atoms with Crippen LogP contribution in [0.25, 0.3) is 0 Å². The van der Waals surface area contributed by atoms with Crippen LogP contribution in [0.15, 0.2) is 17.6 Å². The second-order valence-corrected chi connectivity index (χ2v) is 7.77. The highest BCUT2D eigenvalue weighted by Gasteiger charge is 2.43. The Balaban J connectivity index is 1.82. The van der Waals surface area contributed by atoms with E-state index in [9.17, 15) is 8.42 Å². The van der Waals surface area contributed by atoms with E-state index in [1.54, 1.807) is 21.4 Å². The van der Waals surface area contributed by atoms with Crippen LogP contribution in [0, 0.1) is 11.8 Å². The second-order valence-electron chi connectivity index (χ2n) is 5.88. The normalized spacial score (nSPS) is 31.4. The molecule has 0 bridgehead atoms. The van der Waals surface area contributed by atoms with Crippen molar-refractivity contribution >= 4 is 10.0 Å². The Labute approximate surface area is 120 Å². The number of nitrogens with zero attached hydrogens (tertiary/aromatic N) is 3. The van der Waals surface area contributed by atoms with Gasteiger partial charge in [0.2, 0.25) is 0 Å². The van der Waals surface area contributed by atoms with Crippen LogP contribution in [0.1, 0.15) is 26.2 Å². The van der Waals surface area contributed by atoms with Crippen molar-refractivity contribution in [2.24, 2.45) is 17.6 Å². The number of rotatable bonds is 3. The average Bonchev–Trinajstić information content (AvgIpc) is 3.06. The molecule has 2 heterocycles. The third-order valence-corrected chi connectivity index (χ3v) is 6.42. The Hall–Kier alpha value is -0.920. The fourth-order valence-electron chi connectivity index (χ4n) is 3.45. The van der Waals surface area contributed by atoms with Crippen LogP contribution in [-0.2, 0) is 16.6 Å². The van der Waals surface area contributed by atoms with Gasteiger partial charge < -0.3 is 10.3 Å². The van der Waals surface area contributed by atoms with Gasteiger partial charge in [0.1, 0.15) is 0 Å². The first-order valence-electron chi connectivity index (χ1n) is 7.30. The van der Waals surface area contributed by atoms with Crippen LogP contribution in [0.2, 0.25) is 0 Å². The summed E-state index contributed by atoms with van der Waals surface area (Å²) in [6.07, 6.45) is 6.40. The van der Waals surface area contributed by atoms with Crippen LogP contribution in [0.4, 0.5) is 0 Å². The van der Waals surface area contributed by atoms with Gasteiger partial charge in [-0.1, -0.05) is 6.42 Å². The lowest BCUT2D eigenvalue weighted by Crippen LogP contribution is -2.38. The van der Waals surface area contributed by atoms with E-state index in [2.05, 4.69) is 4.98 Å². The zero-order valence-corrected chi connectivity index (χ0v) is 12.6. The van der Waals surface area contributed by atoms with Crippen molar-refractivity contribution in [1.82, 2.24) is 13.9 Å². The first-order valence-corrected chi connectivity index (χ1v) is 8.74. The number of hydrogen-bond donors (Lipinski definition) is 1. The first-order chi connectivity index (χ1) is 9.52. The Morgan fingerprint density at radius 2 is 2.20 bits per heavy atom. The standard InChI is InChI=1S/C13H22N4O2S/c1-2-16-8-13(15-9-16)20(18,19)17-6-10-4-3-5-12(14)11(10)7-17/h8-12H,2-7,14H2,1H3. The van der Waals surface area contributed by atoms with Gasteiger partial charge in [-0.2, -0.15) is 4.31 Å². The van der Waals surface area contributed by atoms with Crippen LogP contribution in [-0.4, -0.2) is 41.4 Å². The van der Waals surface area contributed by atoms with Crippen molar-refractivity contribution in [2.45, 2.75) is 43.8 Å². The van der Waals surface area contributed by atoms with E-state index < -0.39 is 10.0 Å². The van der Waals surface area contributed by atoms with Gasteiger partial charge in [-0.25, -0.2) is 13.4 Å². The molecule has 3 atom stereocenters. The predicted molar refractivity (Wildman–Crippen MR) is 75.5 cm³/mol. The highest BCUT2D eigenvalue weighted by molar-refractivity contribution is 7.89. The van der Waals surface area contributed by atoms with Gasteiger partial charge in [0.15, 0.2) is 5.03 Å². The van der Waals surface area contributed by atoms with E-state index in [0.29, 0.717) is 24.9 Å². The third kappa shape index (κ3) is 2.27. The monoisotopic (exact) mass is 298 g/mol. The molecule has 3 rings (SSSR count). The Morgan fingerprint density at radius 1 is 1.40 bits per heavy atom. The van der Waals surface area contributed by atoms with E-state index in [1.165, 1.54) is 0 Å².